The lowest BCUT2D eigenvalue weighted by Gasteiger charge is -2.09. The Morgan fingerprint density at radius 1 is 1.12 bits per heavy atom. The molecule has 0 aliphatic carbocycles. The quantitative estimate of drug-likeness (QED) is 0.857. The number of carbonyl (C=O) groups is 1. The first-order chi connectivity index (χ1) is 8.09. The summed E-state index contributed by atoms with van der Waals surface area (Å²) in [5.41, 5.74) is 2.15. The van der Waals surface area contributed by atoms with E-state index in [9.17, 15) is 9.90 Å². The van der Waals surface area contributed by atoms with Crippen LogP contribution in [0.15, 0.2) is 30.3 Å². The summed E-state index contributed by atoms with van der Waals surface area (Å²) in [5, 5.41) is 9.19. The lowest BCUT2D eigenvalue weighted by atomic mass is 10.0. The molecule has 0 saturated carbocycles. The molecule has 0 bridgehead atoms. The predicted octanol–water partition coefficient (Wildman–Crippen LogP) is 2.46. The summed E-state index contributed by atoms with van der Waals surface area (Å²) in [4.78, 5) is 19.4. The predicted molar refractivity (Wildman–Crippen MR) is 63.9 cm³/mol. The summed E-state index contributed by atoms with van der Waals surface area (Å²) in [6.07, 6.45) is 0. The van der Waals surface area contributed by atoms with Crippen LogP contribution in [0.5, 0.6) is 0 Å². The molecule has 4 heteroatoms. The molecular formula is C13H12N2O2. The van der Waals surface area contributed by atoms with E-state index >= 15 is 0 Å². The molecule has 0 amide bonds. The normalized spacial score (nSPS) is 10.2. The fourth-order valence-corrected chi connectivity index (χ4v) is 1.82. The fourth-order valence-electron chi connectivity index (χ4n) is 1.82. The molecule has 0 radical (unpaired) electrons. The number of benzene rings is 1. The molecule has 1 N–H and O–H groups in total. The standard InChI is InChI=1S/C13H12N2O2/c1-8-11(10-6-4-3-5-7-10)12(13(16)17)15-9(2)14-8/h3-7H,1-2H3,(H,16,17). The van der Waals surface area contributed by atoms with E-state index in [1.807, 2.05) is 30.3 Å². The van der Waals surface area contributed by atoms with Crippen molar-refractivity contribution >= 4 is 5.97 Å². The number of nitrogens with zero attached hydrogens (tertiary/aromatic N) is 2. The summed E-state index contributed by atoms with van der Waals surface area (Å²) < 4.78 is 0. The third-order valence-corrected chi connectivity index (χ3v) is 2.47. The molecule has 0 unspecified atom stereocenters. The Morgan fingerprint density at radius 2 is 1.76 bits per heavy atom. The molecule has 0 aliphatic rings. The van der Waals surface area contributed by atoms with Crippen LogP contribution in [0.1, 0.15) is 22.0 Å². The molecule has 0 atom stereocenters. The van der Waals surface area contributed by atoms with Gasteiger partial charge in [-0.3, -0.25) is 0 Å². The SMILES string of the molecule is Cc1nc(C)c(-c2ccccc2)c(C(=O)O)n1. The van der Waals surface area contributed by atoms with Crippen LogP contribution in [0.3, 0.4) is 0 Å². The van der Waals surface area contributed by atoms with E-state index in [0.717, 1.165) is 5.56 Å². The first-order valence-electron chi connectivity index (χ1n) is 5.23. The monoisotopic (exact) mass is 228 g/mol. The highest BCUT2D eigenvalue weighted by atomic mass is 16.4. The Bertz CT molecular complexity index is 565. The lowest BCUT2D eigenvalue weighted by molar-refractivity contribution is 0.0690. The molecule has 17 heavy (non-hydrogen) atoms. The molecule has 4 nitrogen and oxygen atoms in total. The zero-order valence-corrected chi connectivity index (χ0v) is 9.64. The van der Waals surface area contributed by atoms with Gasteiger partial charge in [-0.2, -0.15) is 0 Å². The Hall–Kier alpha value is -2.23. The summed E-state index contributed by atoms with van der Waals surface area (Å²) in [6.45, 7) is 3.48. The van der Waals surface area contributed by atoms with Crippen molar-refractivity contribution in [2.75, 3.05) is 0 Å². The number of carboxylic acids is 1. The first kappa shape index (κ1) is 11.3. The van der Waals surface area contributed by atoms with Crippen LogP contribution in [0.25, 0.3) is 11.1 Å². The third kappa shape index (κ3) is 2.15. The van der Waals surface area contributed by atoms with Crippen LogP contribution in [0.2, 0.25) is 0 Å². The second-order valence-electron chi connectivity index (χ2n) is 3.75. The number of carboxylic acid groups (broad SMARTS) is 1. The molecule has 0 fully saturated rings. The van der Waals surface area contributed by atoms with Gasteiger partial charge in [-0.15, -0.1) is 0 Å². The Morgan fingerprint density at radius 3 is 2.35 bits per heavy atom. The number of hydrogen-bond donors (Lipinski definition) is 1. The van der Waals surface area contributed by atoms with Gasteiger partial charge in [0.05, 0.1) is 0 Å². The summed E-state index contributed by atoms with van der Waals surface area (Å²) >= 11 is 0. The van der Waals surface area contributed by atoms with Crippen LogP contribution in [-0.2, 0) is 0 Å². The minimum absolute atomic E-state index is 0.0567. The van der Waals surface area contributed by atoms with E-state index < -0.39 is 5.97 Å². The molecule has 0 saturated heterocycles. The van der Waals surface area contributed by atoms with Crippen molar-refractivity contribution in [2.24, 2.45) is 0 Å². The maximum Gasteiger partial charge on any atom is 0.355 e. The van der Waals surface area contributed by atoms with E-state index in [1.165, 1.54) is 0 Å². The van der Waals surface area contributed by atoms with Crippen molar-refractivity contribution in [3.05, 3.63) is 47.5 Å². The zero-order valence-electron chi connectivity index (χ0n) is 9.64. The number of hydrogen-bond acceptors (Lipinski definition) is 3. The molecule has 86 valence electrons. The Kier molecular flexibility index (Phi) is 2.87. The van der Waals surface area contributed by atoms with Crippen molar-refractivity contribution in [1.82, 2.24) is 9.97 Å². The zero-order chi connectivity index (χ0) is 12.4. The van der Waals surface area contributed by atoms with Crippen molar-refractivity contribution in [3.63, 3.8) is 0 Å². The second kappa shape index (κ2) is 4.33. The highest BCUT2D eigenvalue weighted by Crippen LogP contribution is 2.25. The molecule has 1 aromatic carbocycles. The van der Waals surface area contributed by atoms with Crippen molar-refractivity contribution in [3.8, 4) is 11.1 Å². The smallest absolute Gasteiger partial charge is 0.355 e. The average Bonchev–Trinajstić information content (AvgIpc) is 2.29. The van der Waals surface area contributed by atoms with Crippen LogP contribution < -0.4 is 0 Å². The van der Waals surface area contributed by atoms with Gasteiger partial charge < -0.3 is 5.11 Å². The maximum absolute atomic E-state index is 11.2. The third-order valence-electron chi connectivity index (χ3n) is 2.47. The lowest BCUT2D eigenvalue weighted by Crippen LogP contribution is -2.08. The largest absolute Gasteiger partial charge is 0.476 e. The van der Waals surface area contributed by atoms with Gasteiger partial charge in [0.1, 0.15) is 5.82 Å². The maximum atomic E-state index is 11.2. The second-order valence-corrected chi connectivity index (χ2v) is 3.75. The van der Waals surface area contributed by atoms with Gasteiger partial charge in [0, 0.05) is 11.3 Å². The van der Waals surface area contributed by atoms with Gasteiger partial charge in [0.2, 0.25) is 0 Å². The van der Waals surface area contributed by atoms with Gasteiger partial charge in [-0.05, 0) is 19.4 Å². The molecule has 2 rings (SSSR count). The van der Waals surface area contributed by atoms with E-state index in [4.69, 9.17) is 0 Å². The summed E-state index contributed by atoms with van der Waals surface area (Å²) in [6, 6.07) is 9.32. The Balaban J connectivity index is 2.72. The van der Waals surface area contributed by atoms with E-state index in [1.54, 1.807) is 13.8 Å². The molecule has 0 aliphatic heterocycles. The number of aromatic carboxylic acids is 1. The van der Waals surface area contributed by atoms with E-state index in [-0.39, 0.29) is 5.69 Å². The van der Waals surface area contributed by atoms with Gasteiger partial charge >= 0.3 is 5.97 Å². The van der Waals surface area contributed by atoms with Gasteiger partial charge in [-0.1, -0.05) is 30.3 Å². The molecular weight excluding hydrogens is 216 g/mol. The highest BCUT2D eigenvalue weighted by molar-refractivity contribution is 5.94. The molecule has 2 aromatic rings. The number of aryl methyl sites for hydroxylation is 2. The van der Waals surface area contributed by atoms with Crippen LogP contribution in [0, 0.1) is 13.8 Å². The fraction of sp³-hybridized carbons (Fsp3) is 0.154. The average molecular weight is 228 g/mol. The van der Waals surface area contributed by atoms with Gasteiger partial charge in [0.25, 0.3) is 0 Å². The van der Waals surface area contributed by atoms with Crippen LogP contribution in [0.4, 0.5) is 0 Å². The topological polar surface area (TPSA) is 63.1 Å². The number of aromatic nitrogens is 2. The number of rotatable bonds is 2. The van der Waals surface area contributed by atoms with Crippen molar-refractivity contribution in [1.29, 1.82) is 0 Å². The van der Waals surface area contributed by atoms with Gasteiger partial charge in [-0.25, -0.2) is 14.8 Å². The summed E-state index contributed by atoms with van der Waals surface area (Å²) in [7, 11) is 0. The molecule has 1 aromatic heterocycles. The summed E-state index contributed by atoms with van der Waals surface area (Å²) in [5.74, 6) is -0.558. The van der Waals surface area contributed by atoms with Crippen molar-refractivity contribution in [2.45, 2.75) is 13.8 Å². The highest BCUT2D eigenvalue weighted by Gasteiger charge is 2.17. The van der Waals surface area contributed by atoms with E-state index in [0.29, 0.717) is 17.1 Å². The van der Waals surface area contributed by atoms with Gasteiger partial charge in [0.15, 0.2) is 5.69 Å². The van der Waals surface area contributed by atoms with Crippen molar-refractivity contribution < 1.29 is 9.90 Å². The minimum atomic E-state index is -1.03. The first-order valence-corrected chi connectivity index (χ1v) is 5.23. The molecule has 1 heterocycles. The van der Waals surface area contributed by atoms with E-state index in [2.05, 4.69) is 9.97 Å². The Labute approximate surface area is 99.0 Å². The molecule has 0 spiro atoms. The minimum Gasteiger partial charge on any atom is -0.476 e. The van der Waals surface area contributed by atoms with Crippen LogP contribution in [-0.4, -0.2) is 21.0 Å². The van der Waals surface area contributed by atoms with Crippen LogP contribution >= 0.6 is 0 Å².